The van der Waals surface area contributed by atoms with Crippen molar-refractivity contribution in [1.82, 2.24) is 20.2 Å². The van der Waals surface area contributed by atoms with E-state index < -0.39 is 12.0 Å². The second-order valence-corrected chi connectivity index (χ2v) is 6.09. The molecule has 1 unspecified atom stereocenters. The molecule has 0 saturated carbocycles. The van der Waals surface area contributed by atoms with Crippen LogP contribution >= 0.6 is 0 Å². The molecule has 27 heavy (non-hydrogen) atoms. The molecule has 0 saturated heterocycles. The molecule has 1 aromatic heterocycles. The number of carbonyl (C=O) groups is 1. The number of para-hydroxylation sites is 1. The van der Waals surface area contributed by atoms with E-state index in [2.05, 4.69) is 20.8 Å². The number of esters is 1. The van der Waals surface area contributed by atoms with E-state index in [9.17, 15) is 4.79 Å². The van der Waals surface area contributed by atoms with Gasteiger partial charge in [-0.15, -0.1) is 0 Å². The third-order valence-electron chi connectivity index (χ3n) is 4.39. The minimum Gasteiger partial charge on any atom is -0.493 e. The second kappa shape index (κ2) is 8.07. The zero-order chi connectivity index (χ0) is 19.4. The highest BCUT2D eigenvalue weighted by molar-refractivity contribution is 5.92. The number of ether oxygens (including phenoxy) is 3. The van der Waals surface area contributed by atoms with Gasteiger partial charge in [0.2, 0.25) is 5.95 Å². The smallest absolute Gasteiger partial charge is 0.338 e. The van der Waals surface area contributed by atoms with Crippen molar-refractivity contribution in [3.8, 4) is 11.5 Å². The van der Waals surface area contributed by atoms with Gasteiger partial charge in [0.25, 0.3) is 0 Å². The molecule has 0 aliphatic carbocycles. The first kappa shape index (κ1) is 18.7. The van der Waals surface area contributed by atoms with E-state index in [0.717, 1.165) is 12.8 Å². The Hall–Kier alpha value is -3.10. The predicted octanol–water partition coefficient (Wildman–Crippen LogP) is 2.32. The molecule has 3 rings (SSSR count). The lowest BCUT2D eigenvalue weighted by Crippen LogP contribution is -2.30. The van der Waals surface area contributed by atoms with E-state index in [-0.39, 0.29) is 0 Å². The van der Waals surface area contributed by atoms with Gasteiger partial charge in [-0.05, 0) is 29.8 Å². The molecular formula is C18H23N5O4. The largest absolute Gasteiger partial charge is 0.493 e. The van der Waals surface area contributed by atoms with Crippen LogP contribution in [-0.2, 0) is 9.53 Å². The van der Waals surface area contributed by atoms with Gasteiger partial charge in [-0.3, -0.25) is 0 Å². The van der Waals surface area contributed by atoms with E-state index in [4.69, 9.17) is 14.2 Å². The summed E-state index contributed by atoms with van der Waals surface area (Å²) in [4.78, 5) is 12.9. The summed E-state index contributed by atoms with van der Waals surface area (Å²) in [6, 6.07) is 4.88. The number of benzene rings is 1. The van der Waals surface area contributed by atoms with Gasteiger partial charge in [0.05, 0.1) is 26.4 Å². The van der Waals surface area contributed by atoms with Crippen LogP contribution in [0.4, 0.5) is 5.95 Å². The highest BCUT2D eigenvalue weighted by Crippen LogP contribution is 2.42. The van der Waals surface area contributed by atoms with Crippen molar-refractivity contribution in [2.24, 2.45) is 0 Å². The van der Waals surface area contributed by atoms with Crippen molar-refractivity contribution >= 4 is 11.9 Å². The van der Waals surface area contributed by atoms with E-state index in [1.165, 1.54) is 0 Å². The number of rotatable bonds is 7. The molecule has 0 radical (unpaired) electrons. The van der Waals surface area contributed by atoms with Crippen LogP contribution in [0.3, 0.4) is 0 Å². The summed E-state index contributed by atoms with van der Waals surface area (Å²) in [5, 5.41) is 14.8. The highest BCUT2D eigenvalue weighted by Gasteiger charge is 2.37. The Kier molecular flexibility index (Phi) is 5.58. The first-order valence-corrected chi connectivity index (χ1v) is 8.76. The van der Waals surface area contributed by atoms with Gasteiger partial charge in [-0.1, -0.05) is 30.6 Å². The average Bonchev–Trinajstić information content (AvgIpc) is 3.14. The van der Waals surface area contributed by atoms with Gasteiger partial charge in [-0.2, -0.15) is 4.68 Å². The normalized spacial score (nSPS) is 15.8. The third kappa shape index (κ3) is 3.44. The Labute approximate surface area is 157 Å². The lowest BCUT2D eigenvalue weighted by Gasteiger charge is -2.28. The highest BCUT2D eigenvalue weighted by atomic mass is 16.5. The second-order valence-electron chi connectivity index (χ2n) is 6.09. The molecule has 144 valence electrons. The lowest BCUT2D eigenvalue weighted by atomic mass is 9.94. The average molecular weight is 373 g/mol. The quantitative estimate of drug-likeness (QED) is 0.583. The van der Waals surface area contributed by atoms with Crippen LogP contribution in [0.2, 0.25) is 0 Å². The van der Waals surface area contributed by atoms with Crippen molar-refractivity contribution in [2.45, 2.75) is 32.7 Å². The Balaban J connectivity index is 2.11. The summed E-state index contributed by atoms with van der Waals surface area (Å²) in [6.45, 7) is 4.20. The van der Waals surface area contributed by atoms with Gasteiger partial charge in [0, 0.05) is 11.3 Å². The van der Waals surface area contributed by atoms with Crippen molar-refractivity contribution in [3.05, 3.63) is 35.0 Å². The maximum absolute atomic E-state index is 12.9. The van der Waals surface area contributed by atoms with E-state index in [1.807, 2.05) is 19.1 Å². The van der Waals surface area contributed by atoms with Crippen LogP contribution in [-0.4, -0.2) is 47.0 Å². The molecule has 9 heteroatoms. The first-order valence-electron chi connectivity index (χ1n) is 8.76. The number of anilines is 1. The molecule has 9 nitrogen and oxygen atoms in total. The summed E-state index contributed by atoms with van der Waals surface area (Å²) in [7, 11) is 3.12. The summed E-state index contributed by atoms with van der Waals surface area (Å²) in [5.74, 6) is 1.09. The number of nitrogens with one attached hydrogen (secondary N) is 1. The van der Waals surface area contributed by atoms with Gasteiger partial charge in [0.15, 0.2) is 11.5 Å². The van der Waals surface area contributed by atoms with Crippen LogP contribution in [0.15, 0.2) is 29.5 Å². The van der Waals surface area contributed by atoms with Gasteiger partial charge in [-0.25, -0.2) is 4.79 Å². The number of tetrazole rings is 1. The number of allylic oxidation sites excluding steroid dienone is 1. The summed E-state index contributed by atoms with van der Waals surface area (Å²) < 4.78 is 18.0. The molecule has 0 bridgehead atoms. The molecule has 1 N–H and O–H groups in total. The van der Waals surface area contributed by atoms with E-state index in [1.54, 1.807) is 31.9 Å². The van der Waals surface area contributed by atoms with Crippen LogP contribution in [0.25, 0.3) is 0 Å². The number of fused-ring (bicyclic) bond motifs is 1. The number of unbranched alkanes of at least 4 members (excludes halogenated alkanes) is 1. The summed E-state index contributed by atoms with van der Waals surface area (Å²) in [5.41, 5.74) is 1.76. The Bertz CT molecular complexity index is 861. The zero-order valence-electron chi connectivity index (χ0n) is 15.9. The summed E-state index contributed by atoms with van der Waals surface area (Å²) >= 11 is 0. The van der Waals surface area contributed by atoms with Crippen molar-refractivity contribution < 1.29 is 19.0 Å². The number of aromatic nitrogens is 4. The first-order chi connectivity index (χ1) is 13.1. The summed E-state index contributed by atoms with van der Waals surface area (Å²) in [6.07, 6.45) is 1.74. The molecule has 1 aromatic carbocycles. The van der Waals surface area contributed by atoms with Crippen LogP contribution < -0.4 is 14.8 Å². The minimum absolute atomic E-state index is 0.358. The van der Waals surface area contributed by atoms with Crippen LogP contribution in [0.5, 0.6) is 11.5 Å². The predicted molar refractivity (Wildman–Crippen MR) is 97.7 cm³/mol. The SMILES string of the molecule is CCCCOC(=O)C1=C(C)Nc2nnnn2C1c1cccc(OC)c1OC. The fourth-order valence-electron chi connectivity index (χ4n) is 3.08. The fraction of sp³-hybridized carbons (Fsp3) is 0.444. The monoisotopic (exact) mass is 373 g/mol. The fourth-order valence-corrected chi connectivity index (χ4v) is 3.08. The zero-order valence-corrected chi connectivity index (χ0v) is 15.9. The van der Waals surface area contributed by atoms with E-state index >= 15 is 0 Å². The number of methoxy groups -OCH3 is 2. The molecule has 2 aromatic rings. The van der Waals surface area contributed by atoms with Gasteiger partial charge >= 0.3 is 5.97 Å². The Morgan fingerprint density at radius 3 is 2.81 bits per heavy atom. The number of hydrogen-bond acceptors (Lipinski definition) is 8. The maximum Gasteiger partial charge on any atom is 0.338 e. The molecule has 0 fully saturated rings. The molecular weight excluding hydrogens is 350 g/mol. The van der Waals surface area contributed by atoms with Gasteiger partial charge < -0.3 is 19.5 Å². The third-order valence-corrected chi connectivity index (χ3v) is 4.39. The number of carbonyl (C=O) groups excluding carboxylic acids is 1. The van der Waals surface area contributed by atoms with Crippen molar-refractivity contribution in [2.75, 3.05) is 26.1 Å². The molecule has 2 heterocycles. The van der Waals surface area contributed by atoms with E-state index in [0.29, 0.717) is 40.9 Å². The molecule has 1 aliphatic rings. The van der Waals surface area contributed by atoms with Crippen molar-refractivity contribution in [1.29, 1.82) is 0 Å². The molecule has 0 amide bonds. The number of nitrogens with zero attached hydrogens (tertiary/aromatic N) is 4. The Morgan fingerprint density at radius 2 is 2.11 bits per heavy atom. The topological polar surface area (TPSA) is 100 Å². The van der Waals surface area contributed by atoms with Crippen LogP contribution in [0, 0.1) is 0 Å². The van der Waals surface area contributed by atoms with Crippen LogP contribution in [0.1, 0.15) is 38.3 Å². The Morgan fingerprint density at radius 1 is 1.30 bits per heavy atom. The number of hydrogen-bond donors (Lipinski definition) is 1. The molecule has 0 spiro atoms. The lowest BCUT2D eigenvalue weighted by molar-refractivity contribution is -0.139. The standard InChI is InChI=1S/C18H23N5O4/c1-5-6-10-27-17(24)14-11(2)19-18-20-21-22-23(18)15(14)12-8-7-9-13(25-3)16(12)26-4/h7-9,15H,5-6,10H2,1-4H3,(H,19,20,22). The maximum atomic E-state index is 12.9. The minimum atomic E-state index is -0.601. The molecule has 1 aliphatic heterocycles. The molecule has 1 atom stereocenters. The van der Waals surface area contributed by atoms with Gasteiger partial charge in [0.1, 0.15) is 6.04 Å². The van der Waals surface area contributed by atoms with Crippen molar-refractivity contribution in [3.63, 3.8) is 0 Å².